The van der Waals surface area contributed by atoms with Gasteiger partial charge in [-0.2, -0.15) is 0 Å². The molecule has 0 spiro atoms. The van der Waals surface area contributed by atoms with Gasteiger partial charge in [-0.05, 0) is 108 Å². The molecule has 9 aromatic rings. The van der Waals surface area contributed by atoms with Crippen molar-refractivity contribution in [3.05, 3.63) is 169 Å². The molecule has 7 aromatic carbocycles. The number of nitrogens with zero attached hydrogens (tertiary/aromatic N) is 2. The van der Waals surface area contributed by atoms with Crippen molar-refractivity contribution in [2.75, 3.05) is 0 Å². The van der Waals surface area contributed by atoms with Gasteiger partial charge in [0.1, 0.15) is 5.65 Å². The zero-order valence-electron chi connectivity index (χ0n) is 28.1. The summed E-state index contributed by atoms with van der Waals surface area (Å²) in [5.41, 5.74) is 12.4. The van der Waals surface area contributed by atoms with Gasteiger partial charge >= 0.3 is 0 Å². The van der Waals surface area contributed by atoms with Crippen LogP contribution in [0.15, 0.2) is 158 Å². The number of para-hydroxylation sites is 2. The van der Waals surface area contributed by atoms with Gasteiger partial charge < -0.3 is 0 Å². The first-order valence-electron chi connectivity index (χ1n) is 17.7. The predicted molar refractivity (Wildman–Crippen MR) is 211 cm³/mol. The molecule has 0 amide bonds. The van der Waals surface area contributed by atoms with Crippen LogP contribution in [0.4, 0.5) is 0 Å². The van der Waals surface area contributed by atoms with Gasteiger partial charge in [-0.3, -0.25) is 4.40 Å². The number of imidazole rings is 1. The van der Waals surface area contributed by atoms with Gasteiger partial charge in [-0.15, -0.1) is 0 Å². The molecule has 236 valence electrons. The van der Waals surface area contributed by atoms with Crippen molar-refractivity contribution in [1.82, 2.24) is 9.38 Å². The van der Waals surface area contributed by atoms with E-state index in [9.17, 15) is 0 Å². The van der Waals surface area contributed by atoms with Crippen molar-refractivity contribution in [2.24, 2.45) is 5.92 Å². The van der Waals surface area contributed by atoms with Crippen LogP contribution in [0.5, 0.6) is 0 Å². The zero-order valence-corrected chi connectivity index (χ0v) is 28.1. The Bertz CT molecular complexity index is 2970. The molecule has 11 rings (SSSR count). The second-order valence-corrected chi connectivity index (χ2v) is 14.8. The van der Waals surface area contributed by atoms with Gasteiger partial charge in [0.2, 0.25) is 0 Å². The third-order valence-electron chi connectivity index (χ3n) is 11.8. The van der Waals surface area contributed by atoms with Crippen molar-refractivity contribution < 1.29 is 0 Å². The van der Waals surface area contributed by atoms with E-state index >= 15 is 0 Å². The van der Waals surface area contributed by atoms with E-state index in [2.05, 4.69) is 176 Å². The summed E-state index contributed by atoms with van der Waals surface area (Å²) in [7, 11) is 0. The lowest BCUT2D eigenvalue weighted by Gasteiger charge is -2.29. The lowest BCUT2D eigenvalue weighted by molar-refractivity contribution is 0.394. The molecule has 0 radical (unpaired) electrons. The molecule has 2 nitrogen and oxygen atoms in total. The van der Waals surface area contributed by atoms with Crippen LogP contribution in [0.3, 0.4) is 0 Å². The fourth-order valence-corrected chi connectivity index (χ4v) is 9.26. The van der Waals surface area contributed by atoms with Crippen LogP contribution >= 0.6 is 0 Å². The second kappa shape index (κ2) is 10.0. The Balaban J connectivity index is 1.05. The molecule has 2 unspecified atom stereocenters. The quantitative estimate of drug-likeness (QED) is 0.172. The lowest BCUT2D eigenvalue weighted by atomic mass is 9.74. The Labute approximate surface area is 290 Å². The van der Waals surface area contributed by atoms with Crippen molar-refractivity contribution in [2.45, 2.75) is 25.2 Å². The molecular weight excluding hydrogens is 605 g/mol. The number of rotatable bonds is 2. The molecule has 2 heterocycles. The molecule has 0 aliphatic heterocycles. The predicted octanol–water partition coefficient (Wildman–Crippen LogP) is 12.6. The maximum Gasteiger partial charge on any atom is 0.147 e. The first kappa shape index (κ1) is 27.9. The monoisotopic (exact) mass is 638 g/mol. The lowest BCUT2D eigenvalue weighted by Crippen LogP contribution is -2.24. The van der Waals surface area contributed by atoms with E-state index in [-0.39, 0.29) is 5.41 Å². The highest BCUT2D eigenvalue weighted by Gasteiger charge is 2.44. The minimum atomic E-state index is 0.109. The van der Waals surface area contributed by atoms with Crippen LogP contribution in [0.2, 0.25) is 0 Å². The molecule has 50 heavy (non-hydrogen) atoms. The number of fused-ring (bicyclic) bond motifs is 14. The third-order valence-corrected chi connectivity index (χ3v) is 11.8. The van der Waals surface area contributed by atoms with Crippen molar-refractivity contribution in [1.29, 1.82) is 0 Å². The minimum Gasteiger partial charge on any atom is -0.292 e. The van der Waals surface area contributed by atoms with E-state index in [0.717, 1.165) is 16.7 Å². The Morgan fingerprint density at radius 2 is 1.22 bits per heavy atom. The smallest absolute Gasteiger partial charge is 0.147 e. The van der Waals surface area contributed by atoms with Gasteiger partial charge in [-0.25, -0.2) is 4.98 Å². The largest absolute Gasteiger partial charge is 0.292 e. The molecule has 0 bridgehead atoms. The molecule has 0 fully saturated rings. The van der Waals surface area contributed by atoms with Crippen molar-refractivity contribution in [3.8, 4) is 22.3 Å². The first-order valence-corrected chi connectivity index (χ1v) is 17.7. The second-order valence-electron chi connectivity index (χ2n) is 14.8. The summed E-state index contributed by atoms with van der Waals surface area (Å²) in [6, 6.07) is 49.6. The van der Waals surface area contributed by atoms with Crippen LogP contribution in [-0.2, 0) is 5.41 Å². The third kappa shape index (κ3) is 3.82. The van der Waals surface area contributed by atoms with Gasteiger partial charge in [-0.1, -0.05) is 135 Å². The molecule has 2 aliphatic rings. The summed E-state index contributed by atoms with van der Waals surface area (Å²) in [4.78, 5) is 5.19. The van der Waals surface area contributed by atoms with Crippen LogP contribution < -0.4 is 0 Å². The van der Waals surface area contributed by atoms with E-state index in [4.69, 9.17) is 4.98 Å². The molecular formula is C48H34N2. The van der Waals surface area contributed by atoms with Gasteiger partial charge in [0.25, 0.3) is 0 Å². The highest BCUT2D eigenvalue weighted by molar-refractivity contribution is 6.23. The highest BCUT2D eigenvalue weighted by atomic mass is 15.0. The van der Waals surface area contributed by atoms with Crippen LogP contribution in [-0.4, -0.2) is 9.38 Å². The van der Waals surface area contributed by atoms with Crippen LogP contribution in [0.1, 0.15) is 30.9 Å². The molecule has 0 N–H and O–H groups in total. The standard InChI is InChI=1S/C48H34N2/c1-48(2)41-12-6-5-11-37(41)38-22-20-35(28-42(38)48)33-18-16-30-25-32(17-15-31(30)26-33)34-21-24-44-40(27-34)39-23-19-29-9-3-4-10-36(29)46(39)47-49-43-13-7-8-14-45(43)50(44)47/h3-28,37,41H,1-2H3. The highest BCUT2D eigenvalue weighted by Crippen LogP contribution is 2.53. The van der Waals surface area contributed by atoms with Gasteiger partial charge in [0.05, 0.1) is 16.6 Å². The van der Waals surface area contributed by atoms with E-state index in [1.807, 2.05) is 0 Å². The van der Waals surface area contributed by atoms with E-state index in [1.54, 1.807) is 0 Å². The summed E-state index contributed by atoms with van der Waals surface area (Å²) in [5.74, 6) is 0.998. The number of benzene rings is 7. The average Bonchev–Trinajstić information content (AvgIpc) is 3.66. The summed E-state index contributed by atoms with van der Waals surface area (Å²) in [5, 5.41) is 8.65. The Morgan fingerprint density at radius 3 is 2.08 bits per heavy atom. The summed E-state index contributed by atoms with van der Waals surface area (Å²) >= 11 is 0. The fourth-order valence-electron chi connectivity index (χ4n) is 9.26. The molecule has 2 aliphatic carbocycles. The number of aromatic nitrogens is 2. The fraction of sp³-hybridized carbons (Fsp3) is 0.104. The number of pyridine rings is 1. The molecule has 2 aromatic heterocycles. The Morgan fingerprint density at radius 1 is 0.540 bits per heavy atom. The molecule has 0 saturated carbocycles. The molecule has 2 heteroatoms. The summed E-state index contributed by atoms with van der Waals surface area (Å²) in [6.45, 7) is 4.81. The number of hydrogen-bond acceptors (Lipinski definition) is 1. The molecule has 0 saturated heterocycles. The van der Waals surface area contributed by atoms with E-state index < -0.39 is 0 Å². The van der Waals surface area contributed by atoms with Gasteiger partial charge in [0.15, 0.2) is 0 Å². The number of allylic oxidation sites excluding steroid dienone is 4. The Kier molecular flexibility index (Phi) is 5.60. The Hall–Kier alpha value is -5.99. The SMILES string of the molecule is CC1(C)c2cc(-c3ccc4cc(-c5ccc6c(c5)c5ccc7ccccc7c5c5nc7ccccc7n65)ccc4c3)ccc2C2C=CC=CC21. The maximum atomic E-state index is 5.19. The normalized spacial score (nSPS) is 17.8. The minimum absolute atomic E-state index is 0.109. The van der Waals surface area contributed by atoms with Crippen LogP contribution in [0.25, 0.3) is 82.2 Å². The average molecular weight is 639 g/mol. The topological polar surface area (TPSA) is 17.3 Å². The summed E-state index contributed by atoms with van der Waals surface area (Å²) < 4.78 is 2.35. The van der Waals surface area contributed by atoms with Crippen molar-refractivity contribution >= 4 is 59.9 Å². The van der Waals surface area contributed by atoms with Crippen molar-refractivity contribution in [3.63, 3.8) is 0 Å². The van der Waals surface area contributed by atoms with Crippen LogP contribution in [0, 0.1) is 5.92 Å². The summed E-state index contributed by atoms with van der Waals surface area (Å²) in [6.07, 6.45) is 9.21. The van der Waals surface area contributed by atoms with E-state index in [0.29, 0.717) is 11.8 Å². The first-order chi connectivity index (χ1) is 24.5. The van der Waals surface area contributed by atoms with Gasteiger partial charge in [0, 0.05) is 16.7 Å². The van der Waals surface area contributed by atoms with E-state index in [1.165, 1.54) is 76.6 Å². The molecule has 2 atom stereocenters. The maximum absolute atomic E-state index is 5.19. The number of hydrogen-bond donors (Lipinski definition) is 0. The zero-order chi connectivity index (χ0) is 33.1.